The normalized spacial score (nSPS) is 27.1. The van der Waals surface area contributed by atoms with Gasteiger partial charge in [-0.05, 0) is 31.5 Å². The monoisotopic (exact) mass is 295 g/mol. The summed E-state index contributed by atoms with van der Waals surface area (Å²) in [7, 11) is 0. The largest absolute Gasteiger partial charge is 0.469 e. The van der Waals surface area contributed by atoms with Crippen LogP contribution in [0.1, 0.15) is 12.8 Å². The van der Waals surface area contributed by atoms with Gasteiger partial charge in [-0.25, -0.2) is 4.98 Å². The van der Waals surface area contributed by atoms with Crippen LogP contribution in [0, 0.1) is 0 Å². The molecule has 0 aliphatic carbocycles. The number of likely N-dealkylation sites (tertiary alicyclic amines) is 1. The van der Waals surface area contributed by atoms with E-state index in [4.69, 9.17) is 21.1 Å². The van der Waals surface area contributed by atoms with E-state index in [1.807, 2.05) is 6.07 Å². The molecule has 0 aromatic carbocycles. The van der Waals surface area contributed by atoms with Gasteiger partial charge in [0.1, 0.15) is 5.15 Å². The Morgan fingerprint density at radius 1 is 1.25 bits per heavy atom. The fraction of sp³-hybridized carbons (Fsp3) is 0.643. The lowest BCUT2D eigenvalue weighted by Crippen LogP contribution is -2.56. The van der Waals surface area contributed by atoms with Gasteiger partial charge in [-0.15, -0.1) is 0 Å². The Morgan fingerprint density at radius 2 is 2.15 bits per heavy atom. The summed E-state index contributed by atoms with van der Waals surface area (Å²) in [6.07, 6.45) is 2.40. The molecule has 0 saturated carbocycles. The summed E-state index contributed by atoms with van der Waals surface area (Å²) >= 11 is 6.02. The summed E-state index contributed by atoms with van der Waals surface area (Å²) in [6.45, 7) is 4.58. The Balaban J connectivity index is 1.52. The molecule has 0 radical (unpaired) electrons. The minimum Gasteiger partial charge on any atom is -0.469 e. The molecule has 5 nitrogen and oxygen atoms in total. The predicted octanol–water partition coefficient (Wildman–Crippen LogP) is 1.75. The number of anilines is 1. The molecule has 0 unspecified atom stereocenters. The zero-order chi connectivity index (χ0) is 13.5. The highest BCUT2D eigenvalue weighted by atomic mass is 35.5. The van der Waals surface area contributed by atoms with Crippen LogP contribution >= 0.6 is 11.6 Å². The molecule has 1 atom stereocenters. The quantitative estimate of drug-likeness (QED) is 0.777. The van der Waals surface area contributed by atoms with Crippen molar-refractivity contribution in [3.05, 3.63) is 17.3 Å². The molecular weight excluding hydrogens is 278 g/mol. The Kier molecular flexibility index (Phi) is 3.21. The Hall–Kier alpha value is -1.04. The van der Waals surface area contributed by atoms with Gasteiger partial charge in [0, 0.05) is 12.6 Å². The summed E-state index contributed by atoms with van der Waals surface area (Å²) in [5, 5.41) is 0.527. The average molecular weight is 296 g/mol. The second-order valence-corrected chi connectivity index (χ2v) is 6.07. The number of aromatic nitrogens is 1. The molecule has 3 aliphatic heterocycles. The molecule has 108 valence electrons. The molecule has 1 aromatic rings. The Morgan fingerprint density at radius 3 is 2.95 bits per heavy atom. The molecular formula is C14H18ClN3O2. The number of ether oxygens (including phenoxy) is 2. The molecule has 0 N–H and O–H groups in total. The third-order valence-corrected chi connectivity index (χ3v) is 4.65. The number of fused-ring (bicyclic) bond motifs is 1. The van der Waals surface area contributed by atoms with Crippen molar-refractivity contribution in [3.8, 4) is 5.75 Å². The van der Waals surface area contributed by atoms with Crippen LogP contribution in [-0.2, 0) is 4.74 Å². The van der Waals surface area contributed by atoms with Gasteiger partial charge >= 0.3 is 0 Å². The molecule has 0 amide bonds. The SMILES string of the molecule is Clc1ccc2c(n1)N([C@@H]1CCCN(C3COC3)C1)CO2. The van der Waals surface area contributed by atoms with E-state index in [0.29, 0.717) is 24.0 Å². The van der Waals surface area contributed by atoms with Gasteiger partial charge in [0.2, 0.25) is 0 Å². The molecule has 4 rings (SSSR count). The van der Waals surface area contributed by atoms with Gasteiger partial charge in [-0.1, -0.05) is 11.6 Å². The van der Waals surface area contributed by atoms with E-state index in [1.54, 1.807) is 6.07 Å². The van der Waals surface area contributed by atoms with Crippen LogP contribution in [0.2, 0.25) is 5.15 Å². The highest BCUT2D eigenvalue weighted by Gasteiger charge is 2.35. The van der Waals surface area contributed by atoms with E-state index >= 15 is 0 Å². The number of nitrogens with zero attached hydrogens (tertiary/aromatic N) is 3. The standard InChI is InChI=1S/C14H18ClN3O2/c15-13-4-3-12-14(16-13)18(9-20-12)10-2-1-5-17(6-10)11-7-19-8-11/h3-4,10-11H,1-2,5-9H2/t10-/m1/s1. The van der Waals surface area contributed by atoms with E-state index in [2.05, 4.69) is 14.8 Å². The number of hydrogen-bond donors (Lipinski definition) is 0. The number of halogens is 1. The van der Waals surface area contributed by atoms with E-state index in [1.165, 1.54) is 19.4 Å². The van der Waals surface area contributed by atoms with Gasteiger partial charge in [0.25, 0.3) is 0 Å². The van der Waals surface area contributed by atoms with E-state index in [0.717, 1.165) is 31.3 Å². The van der Waals surface area contributed by atoms with Crippen molar-refractivity contribution in [2.45, 2.75) is 24.9 Å². The first-order valence-corrected chi connectivity index (χ1v) is 7.57. The van der Waals surface area contributed by atoms with Crippen LogP contribution in [0.15, 0.2) is 12.1 Å². The summed E-state index contributed by atoms with van der Waals surface area (Å²) in [5.41, 5.74) is 0. The van der Waals surface area contributed by atoms with E-state index < -0.39 is 0 Å². The first-order valence-electron chi connectivity index (χ1n) is 7.19. The highest BCUT2D eigenvalue weighted by molar-refractivity contribution is 6.29. The van der Waals surface area contributed by atoms with Crippen molar-refractivity contribution in [3.63, 3.8) is 0 Å². The first kappa shape index (κ1) is 12.7. The van der Waals surface area contributed by atoms with Crippen LogP contribution in [0.5, 0.6) is 5.75 Å². The zero-order valence-corrected chi connectivity index (χ0v) is 12.1. The predicted molar refractivity (Wildman–Crippen MR) is 76.4 cm³/mol. The Bertz CT molecular complexity index is 509. The van der Waals surface area contributed by atoms with Crippen molar-refractivity contribution >= 4 is 17.4 Å². The van der Waals surface area contributed by atoms with Gasteiger partial charge < -0.3 is 14.4 Å². The van der Waals surface area contributed by atoms with Crippen molar-refractivity contribution in [2.75, 3.05) is 37.9 Å². The fourth-order valence-corrected chi connectivity index (χ4v) is 3.36. The Labute approximate surface area is 123 Å². The van der Waals surface area contributed by atoms with Gasteiger partial charge in [-0.3, -0.25) is 4.90 Å². The lowest BCUT2D eigenvalue weighted by Gasteiger charge is -2.44. The number of pyridine rings is 1. The van der Waals surface area contributed by atoms with Crippen LogP contribution in [0.4, 0.5) is 5.82 Å². The van der Waals surface area contributed by atoms with Crippen molar-refractivity contribution in [2.24, 2.45) is 0 Å². The maximum atomic E-state index is 6.02. The molecule has 2 fully saturated rings. The summed E-state index contributed by atoms with van der Waals surface area (Å²) in [6, 6.07) is 4.75. The molecule has 6 heteroatoms. The van der Waals surface area contributed by atoms with Crippen LogP contribution < -0.4 is 9.64 Å². The molecule has 0 bridgehead atoms. The smallest absolute Gasteiger partial charge is 0.175 e. The molecule has 4 heterocycles. The maximum Gasteiger partial charge on any atom is 0.175 e. The third-order valence-electron chi connectivity index (χ3n) is 4.44. The molecule has 3 aliphatic rings. The van der Waals surface area contributed by atoms with E-state index in [9.17, 15) is 0 Å². The maximum absolute atomic E-state index is 6.02. The number of rotatable bonds is 2. The average Bonchev–Trinajstić information content (AvgIpc) is 2.80. The van der Waals surface area contributed by atoms with Crippen LogP contribution in [-0.4, -0.2) is 55.0 Å². The fourth-order valence-electron chi connectivity index (χ4n) is 3.21. The summed E-state index contributed by atoms with van der Waals surface area (Å²) in [4.78, 5) is 9.24. The molecule has 2 saturated heterocycles. The van der Waals surface area contributed by atoms with Gasteiger partial charge in [0.05, 0.1) is 19.3 Å². The van der Waals surface area contributed by atoms with Gasteiger partial charge in [-0.2, -0.15) is 0 Å². The number of piperidine rings is 1. The zero-order valence-electron chi connectivity index (χ0n) is 11.3. The van der Waals surface area contributed by atoms with Crippen LogP contribution in [0.3, 0.4) is 0 Å². The topological polar surface area (TPSA) is 37.8 Å². The highest BCUT2D eigenvalue weighted by Crippen LogP contribution is 2.36. The summed E-state index contributed by atoms with van der Waals surface area (Å²) in [5.74, 6) is 1.74. The molecule has 0 spiro atoms. The van der Waals surface area contributed by atoms with Gasteiger partial charge in [0.15, 0.2) is 18.3 Å². The van der Waals surface area contributed by atoms with E-state index in [-0.39, 0.29) is 0 Å². The minimum absolute atomic E-state index is 0.455. The lowest BCUT2D eigenvalue weighted by molar-refractivity contribution is -0.0722. The van der Waals surface area contributed by atoms with Crippen molar-refractivity contribution in [1.29, 1.82) is 0 Å². The molecule has 1 aromatic heterocycles. The lowest BCUT2D eigenvalue weighted by atomic mass is 10.0. The first-order chi connectivity index (χ1) is 9.81. The summed E-state index contributed by atoms with van der Waals surface area (Å²) < 4.78 is 11.0. The van der Waals surface area contributed by atoms with Crippen LogP contribution in [0.25, 0.3) is 0 Å². The minimum atomic E-state index is 0.455. The molecule has 20 heavy (non-hydrogen) atoms. The second-order valence-electron chi connectivity index (χ2n) is 5.68. The van der Waals surface area contributed by atoms with Crippen molar-refractivity contribution < 1.29 is 9.47 Å². The second kappa shape index (κ2) is 5.06. The van der Waals surface area contributed by atoms with Crippen molar-refractivity contribution in [1.82, 2.24) is 9.88 Å². The number of hydrogen-bond acceptors (Lipinski definition) is 5. The third kappa shape index (κ3) is 2.14.